The van der Waals surface area contributed by atoms with Gasteiger partial charge in [0.05, 0.1) is 37.7 Å². The molecule has 6 heteroatoms. The van der Waals surface area contributed by atoms with Crippen LogP contribution in [0.4, 0.5) is 0 Å². The molecule has 0 saturated carbocycles. The smallest absolute Gasteiger partial charge is 0.229 e. The molecule has 0 spiro atoms. The van der Waals surface area contributed by atoms with Gasteiger partial charge in [-0.25, -0.2) is 4.98 Å². The van der Waals surface area contributed by atoms with Crippen LogP contribution in [0.3, 0.4) is 0 Å². The summed E-state index contributed by atoms with van der Waals surface area (Å²) in [6.45, 7) is 0.782. The second-order valence-electron chi connectivity index (χ2n) is 6.10. The van der Waals surface area contributed by atoms with Gasteiger partial charge in [0.2, 0.25) is 5.91 Å². The highest BCUT2D eigenvalue weighted by Gasteiger charge is 2.19. The van der Waals surface area contributed by atoms with Gasteiger partial charge in [-0.05, 0) is 24.3 Å². The molecule has 0 atom stereocenters. The van der Waals surface area contributed by atoms with Crippen LogP contribution in [-0.4, -0.2) is 15.8 Å². The Kier molecular flexibility index (Phi) is 5.16. The van der Waals surface area contributed by atoms with Gasteiger partial charge in [-0.2, -0.15) is 0 Å². The van der Waals surface area contributed by atoms with E-state index in [9.17, 15) is 4.79 Å². The fourth-order valence-corrected chi connectivity index (χ4v) is 3.61. The number of benzene rings is 1. The maximum absolute atomic E-state index is 12.9. The lowest BCUT2D eigenvalue weighted by molar-refractivity contribution is -0.132. The van der Waals surface area contributed by atoms with Gasteiger partial charge >= 0.3 is 0 Å². The van der Waals surface area contributed by atoms with Crippen molar-refractivity contribution >= 4 is 17.2 Å². The van der Waals surface area contributed by atoms with Gasteiger partial charge in [0, 0.05) is 10.9 Å². The molecule has 0 unspecified atom stereocenters. The van der Waals surface area contributed by atoms with E-state index in [1.54, 1.807) is 28.8 Å². The number of hydrogen-bond donors (Lipinski definition) is 0. The second kappa shape index (κ2) is 8.05. The highest BCUT2D eigenvalue weighted by molar-refractivity contribution is 7.13. The number of nitrogens with zero attached hydrogens (tertiary/aromatic N) is 2. The summed E-state index contributed by atoms with van der Waals surface area (Å²) in [4.78, 5) is 19.3. The zero-order valence-electron chi connectivity index (χ0n) is 14.6. The average Bonchev–Trinajstić information content (AvgIpc) is 3.45. The van der Waals surface area contributed by atoms with Crippen LogP contribution in [0.1, 0.15) is 17.2 Å². The Labute approximate surface area is 160 Å². The summed E-state index contributed by atoms with van der Waals surface area (Å²) in [6.07, 6.45) is 3.46. The van der Waals surface area contributed by atoms with E-state index in [2.05, 4.69) is 4.98 Å². The van der Waals surface area contributed by atoms with Gasteiger partial charge in [0.25, 0.3) is 0 Å². The number of hydrogen-bond acceptors (Lipinski definition) is 5. The number of rotatable bonds is 7. The van der Waals surface area contributed by atoms with Crippen molar-refractivity contribution in [2.75, 3.05) is 0 Å². The molecular weight excluding hydrogens is 360 g/mol. The number of thiazole rings is 1. The molecule has 0 aliphatic heterocycles. The van der Waals surface area contributed by atoms with Crippen molar-refractivity contribution in [3.8, 4) is 10.6 Å². The van der Waals surface area contributed by atoms with E-state index in [-0.39, 0.29) is 12.3 Å². The highest BCUT2D eigenvalue weighted by Crippen LogP contribution is 2.24. The number of aromatic nitrogens is 1. The molecular formula is C21H18N2O3S. The maximum Gasteiger partial charge on any atom is 0.229 e. The number of carbonyl (C=O) groups is 1. The van der Waals surface area contributed by atoms with E-state index >= 15 is 0 Å². The summed E-state index contributed by atoms with van der Waals surface area (Å²) >= 11 is 1.55. The predicted octanol–water partition coefficient (Wildman–Crippen LogP) is 4.77. The summed E-state index contributed by atoms with van der Waals surface area (Å²) in [7, 11) is 0. The Balaban J connectivity index is 1.48. The van der Waals surface area contributed by atoms with Crippen molar-refractivity contribution in [2.45, 2.75) is 19.5 Å². The molecule has 1 amide bonds. The Morgan fingerprint density at radius 3 is 2.19 bits per heavy atom. The van der Waals surface area contributed by atoms with E-state index in [4.69, 9.17) is 8.83 Å². The summed E-state index contributed by atoms with van der Waals surface area (Å²) in [5.41, 5.74) is 1.83. The van der Waals surface area contributed by atoms with Crippen molar-refractivity contribution in [1.29, 1.82) is 0 Å². The van der Waals surface area contributed by atoms with Crippen LogP contribution in [0.5, 0.6) is 0 Å². The molecule has 4 aromatic rings. The summed E-state index contributed by atoms with van der Waals surface area (Å²) in [5, 5.41) is 2.86. The van der Waals surface area contributed by atoms with Crippen molar-refractivity contribution in [1.82, 2.24) is 9.88 Å². The molecule has 0 aliphatic rings. The minimum atomic E-state index is -0.0206. The third kappa shape index (κ3) is 4.35. The molecule has 3 aromatic heterocycles. The zero-order chi connectivity index (χ0) is 18.5. The molecule has 0 saturated heterocycles. The van der Waals surface area contributed by atoms with Crippen molar-refractivity contribution in [3.63, 3.8) is 0 Å². The van der Waals surface area contributed by atoms with Crippen molar-refractivity contribution in [3.05, 3.63) is 89.7 Å². The quantitative estimate of drug-likeness (QED) is 0.465. The normalized spacial score (nSPS) is 10.8. The summed E-state index contributed by atoms with van der Waals surface area (Å²) in [6, 6.07) is 17.3. The molecule has 136 valence electrons. The molecule has 1 aromatic carbocycles. The topological polar surface area (TPSA) is 59.5 Å². The van der Waals surface area contributed by atoms with Crippen LogP contribution in [-0.2, 0) is 24.3 Å². The monoisotopic (exact) mass is 378 g/mol. The third-order valence-corrected chi connectivity index (χ3v) is 5.05. The van der Waals surface area contributed by atoms with Crippen LogP contribution < -0.4 is 0 Å². The highest BCUT2D eigenvalue weighted by atomic mass is 32.1. The second-order valence-corrected chi connectivity index (χ2v) is 6.95. The van der Waals surface area contributed by atoms with Gasteiger partial charge in [-0.1, -0.05) is 30.3 Å². The first-order valence-corrected chi connectivity index (χ1v) is 9.48. The molecule has 0 N–H and O–H groups in total. The minimum Gasteiger partial charge on any atom is -0.467 e. The Hall–Kier alpha value is -3.12. The molecule has 4 rings (SSSR count). The molecule has 5 nitrogen and oxygen atoms in total. The average molecular weight is 378 g/mol. The Morgan fingerprint density at radius 1 is 0.926 bits per heavy atom. The summed E-state index contributed by atoms with van der Waals surface area (Å²) < 4.78 is 10.8. The van der Waals surface area contributed by atoms with E-state index in [1.165, 1.54) is 0 Å². The predicted molar refractivity (Wildman–Crippen MR) is 103 cm³/mol. The van der Waals surface area contributed by atoms with Gasteiger partial charge in [-0.3, -0.25) is 4.79 Å². The first kappa shape index (κ1) is 17.3. The standard InChI is InChI=1S/C21H18N2O3S/c24-20(12-17-15-27-21(22-17)16-6-2-1-3-7-16)23(13-18-8-4-10-25-18)14-19-9-5-11-26-19/h1-11,15H,12-14H2. The number of furan rings is 2. The van der Waals surface area contributed by atoms with E-state index in [0.717, 1.165) is 27.8 Å². The fourth-order valence-electron chi connectivity index (χ4n) is 2.78. The Bertz CT molecular complexity index is 940. The molecule has 0 radical (unpaired) electrons. The fraction of sp³-hybridized carbons (Fsp3) is 0.143. The number of carbonyl (C=O) groups excluding carboxylic acids is 1. The van der Waals surface area contributed by atoms with E-state index < -0.39 is 0 Å². The SMILES string of the molecule is O=C(Cc1csc(-c2ccccc2)n1)N(Cc1ccco1)Cc1ccco1. The first-order valence-electron chi connectivity index (χ1n) is 8.60. The summed E-state index contributed by atoms with van der Waals surface area (Å²) in [5.74, 6) is 1.45. The molecule has 0 bridgehead atoms. The molecule has 3 heterocycles. The Morgan fingerprint density at radius 2 is 1.59 bits per heavy atom. The maximum atomic E-state index is 12.9. The van der Waals surface area contributed by atoms with Gasteiger partial charge in [0.1, 0.15) is 16.5 Å². The lowest BCUT2D eigenvalue weighted by atomic mass is 10.2. The molecule has 0 fully saturated rings. The van der Waals surface area contributed by atoms with Gasteiger partial charge < -0.3 is 13.7 Å². The van der Waals surface area contributed by atoms with Crippen LogP contribution in [0, 0.1) is 0 Å². The first-order chi connectivity index (χ1) is 13.3. The van der Waals surface area contributed by atoms with Gasteiger partial charge in [-0.15, -0.1) is 11.3 Å². The molecule has 0 aliphatic carbocycles. The minimum absolute atomic E-state index is 0.0206. The lowest BCUT2D eigenvalue weighted by Gasteiger charge is -2.20. The van der Waals surface area contributed by atoms with E-state index in [0.29, 0.717) is 13.1 Å². The van der Waals surface area contributed by atoms with Crippen molar-refractivity contribution in [2.24, 2.45) is 0 Å². The third-order valence-electron chi connectivity index (χ3n) is 4.11. The van der Waals surface area contributed by atoms with Crippen molar-refractivity contribution < 1.29 is 13.6 Å². The lowest BCUT2D eigenvalue weighted by Crippen LogP contribution is -2.31. The van der Waals surface area contributed by atoms with Crippen LogP contribution in [0.25, 0.3) is 10.6 Å². The van der Waals surface area contributed by atoms with Gasteiger partial charge in [0.15, 0.2) is 0 Å². The van der Waals surface area contributed by atoms with Crippen LogP contribution in [0.15, 0.2) is 81.3 Å². The van der Waals surface area contributed by atoms with E-state index in [1.807, 2.05) is 60.0 Å². The van der Waals surface area contributed by atoms with Crippen LogP contribution in [0.2, 0.25) is 0 Å². The zero-order valence-corrected chi connectivity index (χ0v) is 15.4. The van der Waals surface area contributed by atoms with Crippen LogP contribution >= 0.6 is 11.3 Å². The molecule has 27 heavy (non-hydrogen) atoms. The number of amides is 1. The largest absolute Gasteiger partial charge is 0.467 e.